The fraction of sp³-hybridized carbons (Fsp3) is 0.600. The van der Waals surface area contributed by atoms with Gasteiger partial charge in [-0.05, 0) is 36.6 Å². The van der Waals surface area contributed by atoms with Crippen molar-refractivity contribution < 1.29 is 9.47 Å². The minimum Gasteiger partial charge on any atom is -0.497 e. The predicted molar refractivity (Wildman–Crippen MR) is 83.8 cm³/mol. The van der Waals surface area contributed by atoms with E-state index in [1.54, 1.807) is 14.2 Å². The summed E-state index contributed by atoms with van der Waals surface area (Å²) < 4.78 is 10.6. The van der Waals surface area contributed by atoms with Crippen LogP contribution in [0.1, 0.15) is 18.9 Å². The van der Waals surface area contributed by atoms with Crippen molar-refractivity contribution in [2.75, 3.05) is 27.3 Å². The molecule has 1 aliphatic rings. The summed E-state index contributed by atoms with van der Waals surface area (Å²) in [6.07, 6.45) is 1.07. The maximum absolute atomic E-state index is 6.06. The van der Waals surface area contributed by atoms with Gasteiger partial charge in [-0.2, -0.15) is 0 Å². The smallest absolute Gasteiger partial charge is 0.122 e. The second-order valence-electron chi connectivity index (χ2n) is 5.39. The van der Waals surface area contributed by atoms with E-state index >= 15 is 0 Å². The van der Waals surface area contributed by atoms with Crippen molar-refractivity contribution in [2.24, 2.45) is 11.7 Å². The van der Waals surface area contributed by atoms with Gasteiger partial charge in [0, 0.05) is 25.2 Å². The summed E-state index contributed by atoms with van der Waals surface area (Å²) in [4.78, 5) is 2.45. The van der Waals surface area contributed by atoms with E-state index in [4.69, 9.17) is 15.2 Å². The highest BCUT2D eigenvalue weighted by molar-refractivity contribution is 5.85. The zero-order valence-electron chi connectivity index (χ0n) is 12.5. The normalized spacial score (nSPS) is 23.0. The minimum atomic E-state index is 0. The lowest BCUT2D eigenvalue weighted by Crippen LogP contribution is -2.45. The number of hydrogen-bond acceptors (Lipinski definition) is 4. The number of hydrogen-bond donors (Lipinski definition) is 1. The van der Waals surface area contributed by atoms with Crippen molar-refractivity contribution in [1.82, 2.24) is 4.90 Å². The van der Waals surface area contributed by atoms with Crippen LogP contribution < -0.4 is 15.2 Å². The molecule has 1 fully saturated rings. The molecule has 1 heterocycles. The zero-order valence-corrected chi connectivity index (χ0v) is 13.3. The monoisotopic (exact) mass is 300 g/mol. The Kier molecular flexibility index (Phi) is 6.59. The first kappa shape index (κ1) is 17.1. The van der Waals surface area contributed by atoms with E-state index in [1.165, 1.54) is 5.56 Å². The van der Waals surface area contributed by atoms with Crippen molar-refractivity contribution >= 4 is 12.4 Å². The van der Waals surface area contributed by atoms with Crippen LogP contribution in [0.2, 0.25) is 0 Å². The molecule has 2 unspecified atom stereocenters. The van der Waals surface area contributed by atoms with Crippen LogP contribution in [0.5, 0.6) is 11.5 Å². The Morgan fingerprint density at radius 3 is 2.30 bits per heavy atom. The molecule has 4 nitrogen and oxygen atoms in total. The summed E-state index contributed by atoms with van der Waals surface area (Å²) >= 11 is 0. The third kappa shape index (κ3) is 4.27. The lowest BCUT2D eigenvalue weighted by atomic mass is 9.94. The Balaban J connectivity index is 0.00000200. The van der Waals surface area contributed by atoms with Crippen LogP contribution in [0.15, 0.2) is 18.2 Å². The Bertz CT molecular complexity index is 406. The van der Waals surface area contributed by atoms with Gasteiger partial charge in [0.1, 0.15) is 11.5 Å². The summed E-state index contributed by atoms with van der Waals surface area (Å²) in [6, 6.07) is 6.39. The number of rotatable bonds is 4. The molecule has 0 aromatic heterocycles. The van der Waals surface area contributed by atoms with Crippen LogP contribution in [-0.4, -0.2) is 38.3 Å². The van der Waals surface area contributed by atoms with Crippen molar-refractivity contribution in [2.45, 2.75) is 25.9 Å². The summed E-state index contributed by atoms with van der Waals surface area (Å²) in [7, 11) is 3.36. The maximum Gasteiger partial charge on any atom is 0.122 e. The second kappa shape index (κ2) is 7.72. The molecule has 1 saturated heterocycles. The van der Waals surface area contributed by atoms with Crippen LogP contribution in [-0.2, 0) is 6.54 Å². The number of methoxy groups -OCH3 is 2. The van der Waals surface area contributed by atoms with Crippen molar-refractivity contribution in [1.29, 1.82) is 0 Å². The Labute approximate surface area is 127 Å². The average Bonchev–Trinajstić information content (AvgIpc) is 2.42. The molecule has 2 N–H and O–H groups in total. The molecule has 2 rings (SSSR count). The van der Waals surface area contributed by atoms with E-state index in [0.717, 1.165) is 37.6 Å². The number of nitrogens with zero attached hydrogens (tertiary/aromatic N) is 1. The van der Waals surface area contributed by atoms with Crippen LogP contribution in [0.25, 0.3) is 0 Å². The second-order valence-corrected chi connectivity index (χ2v) is 5.39. The molecule has 0 saturated carbocycles. The lowest BCUT2D eigenvalue weighted by molar-refractivity contribution is 0.157. The zero-order chi connectivity index (χ0) is 13.8. The molecule has 5 heteroatoms. The highest BCUT2D eigenvalue weighted by Gasteiger charge is 2.23. The Hall–Kier alpha value is -0.970. The van der Waals surface area contributed by atoms with E-state index in [0.29, 0.717) is 12.0 Å². The molecule has 2 atom stereocenters. The van der Waals surface area contributed by atoms with E-state index in [-0.39, 0.29) is 12.4 Å². The van der Waals surface area contributed by atoms with Gasteiger partial charge in [-0.15, -0.1) is 12.4 Å². The number of benzene rings is 1. The number of piperidine rings is 1. The highest BCUT2D eigenvalue weighted by Crippen LogP contribution is 2.25. The Morgan fingerprint density at radius 2 is 1.80 bits per heavy atom. The molecule has 20 heavy (non-hydrogen) atoms. The van der Waals surface area contributed by atoms with E-state index in [1.807, 2.05) is 6.07 Å². The standard InChI is InChI=1S/C15H24N2O2.ClH/c1-11-9-17(5-4-15(11)16)10-12-6-13(18-2)8-14(7-12)19-3;/h6-8,11,15H,4-5,9-10,16H2,1-3H3;1H. The molecule has 0 bridgehead atoms. The lowest BCUT2D eigenvalue weighted by Gasteiger charge is -2.35. The molecule has 1 aromatic carbocycles. The van der Waals surface area contributed by atoms with E-state index in [9.17, 15) is 0 Å². The van der Waals surface area contributed by atoms with Gasteiger partial charge >= 0.3 is 0 Å². The van der Waals surface area contributed by atoms with Crippen LogP contribution in [0.3, 0.4) is 0 Å². The number of halogens is 1. The van der Waals surface area contributed by atoms with Gasteiger partial charge in [-0.1, -0.05) is 6.92 Å². The maximum atomic E-state index is 6.06. The molecular weight excluding hydrogens is 276 g/mol. The molecule has 1 aliphatic heterocycles. The molecule has 0 aliphatic carbocycles. The highest BCUT2D eigenvalue weighted by atomic mass is 35.5. The van der Waals surface area contributed by atoms with Gasteiger partial charge in [0.15, 0.2) is 0 Å². The molecule has 0 spiro atoms. The SMILES string of the molecule is COc1cc(CN2CCC(N)C(C)C2)cc(OC)c1.Cl. The summed E-state index contributed by atoms with van der Waals surface area (Å²) in [6.45, 7) is 5.26. The van der Waals surface area contributed by atoms with Crippen molar-refractivity contribution in [3.8, 4) is 11.5 Å². The topological polar surface area (TPSA) is 47.7 Å². The molecule has 0 amide bonds. The summed E-state index contributed by atoms with van der Waals surface area (Å²) in [5, 5.41) is 0. The van der Waals surface area contributed by atoms with Crippen molar-refractivity contribution in [3.05, 3.63) is 23.8 Å². The first-order chi connectivity index (χ1) is 9.12. The average molecular weight is 301 g/mol. The van der Waals surface area contributed by atoms with Gasteiger partial charge in [0.25, 0.3) is 0 Å². The minimum absolute atomic E-state index is 0. The molecule has 114 valence electrons. The first-order valence-corrected chi connectivity index (χ1v) is 6.82. The number of likely N-dealkylation sites (tertiary alicyclic amines) is 1. The largest absolute Gasteiger partial charge is 0.497 e. The fourth-order valence-corrected chi connectivity index (χ4v) is 2.61. The fourth-order valence-electron chi connectivity index (χ4n) is 2.61. The van der Waals surface area contributed by atoms with E-state index < -0.39 is 0 Å². The van der Waals surface area contributed by atoms with Crippen LogP contribution in [0, 0.1) is 5.92 Å². The molecule has 1 aromatic rings. The number of nitrogens with two attached hydrogens (primary N) is 1. The molecular formula is C15H25ClN2O2. The third-order valence-electron chi connectivity index (χ3n) is 3.87. The van der Waals surface area contributed by atoms with Gasteiger partial charge in [-0.3, -0.25) is 4.90 Å². The number of ether oxygens (including phenoxy) is 2. The van der Waals surface area contributed by atoms with Gasteiger partial charge in [0.05, 0.1) is 14.2 Å². The van der Waals surface area contributed by atoms with E-state index in [2.05, 4.69) is 24.0 Å². The first-order valence-electron chi connectivity index (χ1n) is 6.82. The predicted octanol–water partition coefficient (Wildman–Crippen LogP) is 2.29. The summed E-state index contributed by atoms with van der Waals surface area (Å²) in [5.41, 5.74) is 7.28. The molecule has 0 radical (unpaired) electrons. The van der Waals surface area contributed by atoms with Gasteiger partial charge in [-0.25, -0.2) is 0 Å². The van der Waals surface area contributed by atoms with Crippen molar-refractivity contribution in [3.63, 3.8) is 0 Å². The Morgan fingerprint density at radius 1 is 1.20 bits per heavy atom. The van der Waals surface area contributed by atoms with Crippen LogP contribution in [0.4, 0.5) is 0 Å². The summed E-state index contributed by atoms with van der Waals surface area (Å²) in [5.74, 6) is 2.24. The van der Waals surface area contributed by atoms with Gasteiger partial charge < -0.3 is 15.2 Å². The van der Waals surface area contributed by atoms with Gasteiger partial charge in [0.2, 0.25) is 0 Å². The van der Waals surface area contributed by atoms with Crippen LogP contribution >= 0.6 is 12.4 Å². The third-order valence-corrected chi connectivity index (χ3v) is 3.87. The quantitative estimate of drug-likeness (QED) is 0.927.